The zero-order valence-corrected chi connectivity index (χ0v) is 12.5. The molecule has 0 amide bonds. The van der Waals surface area contributed by atoms with Crippen LogP contribution >= 0.6 is 0 Å². The highest BCUT2D eigenvalue weighted by Gasteiger charge is 2.41. The lowest BCUT2D eigenvalue weighted by Crippen LogP contribution is -2.25. The van der Waals surface area contributed by atoms with E-state index in [9.17, 15) is 9.59 Å². The number of nitrogens with one attached hydrogen (secondary N) is 1. The van der Waals surface area contributed by atoms with Gasteiger partial charge in [0.15, 0.2) is 6.10 Å². The first-order valence-electron chi connectivity index (χ1n) is 7.31. The third kappa shape index (κ3) is 2.46. The molecule has 0 saturated heterocycles. The smallest absolute Gasteiger partial charge is 0.309 e. The van der Waals surface area contributed by atoms with Gasteiger partial charge in [0.25, 0.3) is 0 Å². The molecular weight excluding hydrogens is 266 g/mol. The topological polar surface area (TPSA) is 59.2 Å². The Labute approximate surface area is 123 Å². The number of ether oxygens (including phenoxy) is 1. The molecule has 1 saturated carbocycles. The summed E-state index contributed by atoms with van der Waals surface area (Å²) in [5, 5.41) is 0.877. The second kappa shape index (κ2) is 5.02. The number of fused-ring (bicyclic) bond motifs is 1. The quantitative estimate of drug-likeness (QED) is 0.693. The fraction of sp³-hybridized carbons (Fsp3) is 0.412. The Hall–Kier alpha value is -2.10. The van der Waals surface area contributed by atoms with E-state index < -0.39 is 6.10 Å². The number of benzene rings is 1. The Morgan fingerprint density at radius 1 is 1.33 bits per heavy atom. The fourth-order valence-corrected chi connectivity index (χ4v) is 2.76. The first kappa shape index (κ1) is 13.9. The molecule has 1 aliphatic rings. The molecule has 3 atom stereocenters. The molecule has 0 radical (unpaired) electrons. The van der Waals surface area contributed by atoms with Crippen molar-refractivity contribution in [1.29, 1.82) is 0 Å². The second-order valence-electron chi connectivity index (χ2n) is 5.93. The van der Waals surface area contributed by atoms with Crippen molar-refractivity contribution in [2.24, 2.45) is 11.8 Å². The van der Waals surface area contributed by atoms with Crippen molar-refractivity contribution in [1.82, 2.24) is 4.98 Å². The molecule has 1 fully saturated rings. The molecule has 0 aliphatic heterocycles. The Kier molecular flexibility index (Phi) is 3.32. The van der Waals surface area contributed by atoms with Crippen LogP contribution in [-0.4, -0.2) is 22.8 Å². The van der Waals surface area contributed by atoms with Gasteiger partial charge < -0.3 is 9.72 Å². The lowest BCUT2D eigenvalue weighted by molar-refractivity contribution is -0.148. The van der Waals surface area contributed by atoms with Crippen molar-refractivity contribution in [2.45, 2.75) is 33.3 Å². The molecule has 1 aromatic heterocycles. The Morgan fingerprint density at radius 3 is 2.67 bits per heavy atom. The van der Waals surface area contributed by atoms with E-state index in [1.54, 1.807) is 6.92 Å². The summed E-state index contributed by atoms with van der Waals surface area (Å²) < 4.78 is 5.33. The van der Waals surface area contributed by atoms with E-state index in [-0.39, 0.29) is 17.7 Å². The van der Waals surface area contributed by atoms with Crippen molar-refractivity contribution in [3.8, 4) is 0 Å². The minimum Gasteiger partial charge on any atom is -0.454 e. The molecular formula is C17H19NO3. The number of aromatic nitrogens is 1. The number of para-hydroxylation sites is 1. The summed E-state index contributed by atoms with van der Waals surface area (Å²) in [6.45, 7) is 5.53. The molecule has 21 heavy (non-hydrogen) atoms. The van der Waals surface area contributed by atoms with Crippen LogP contribution in [0.4, 0.5) is 0 Å². The maximum absolute atomic E-state index is 12.6. The molecule has 3 rings (SSSR count). The predicted octanol–water partition coefficient (Wildman–Crippen LogP) is 3.25. The maximum Gasteiger partial charge on any atom is 0.309 e. The van der Waals surface area contributed by atoms with E-state index in [0.29, 0.717) is 11.5 Å². The Balaban J connectivity index is 1.83. The number of aromatic amines is 1. The van der Waals surface area contributed by atoms with Crippen LogP contribution < -0.4 is 0 Å². The van der Waals surface area contributed by atoms with E-state index in [1.165, 1.54) is 0 Å². The molecule has 0 unspecified atom stereocenters. The van der Waals surface area contributed by atoms with Gasteiger partial charge in [-0.2, -0.15) is 0 Å². The average molecular weight is 285 g/mol. The van der Waals surface area contributed by atoms with Crippen LogP contribution in [0.3, 0.4) is 0 Å². The number of hydrogen-bond acceptors (Lipinski definition) is 3. The molecule has 4 heteroatoms. The summed E-state index contributed by atoms with van der Waals surface area (Å²) in [5.74, 6) is -0.0357. The monoisotopic (exact) mass is 285 g/mol. The number of aryl methyl sites for hydroxylation is 1. The van der Waals surface area contributed by atoms with E-state index in [0.717, 1.165) is 23.0 Å². The maximum atomic E-state index is 12.6. The number of carbonyl (C=O) groups is 2. The van der Waals surface area contributed by atoms with Crippen molar-refractivity contribution < 1.29 is 14.3 Å². The van der Waals surface area contributed by atoms with Crippen molar-refractivity contribution in [3.63, 3.8) is 0 Å². The van der Waals surface area contributed by atoms with Gasteiger partial charge in [0.2, 0.25) is 5.78 Å². The summed E-state index contributed by atoms with van der Waals surface area (Å²) in [7, 11) is 0. The summed E-state index contributed by atoms with van der Waals surface area (Å²) in [4.78, 5) is 27.7. The normalized spacial score (nSPS) is 22.0. The van der Waals surface area contributed by atoms with E-state index >= 15 is 0 Å². The van der Waals surface area contributed by atoms with Crippen LogP contribution in [0.5, 0.6) is 0 Å². The molecule has 0 bridgehead atoms. The standard InChI is InChI=1S/C17H19NO3/c1-9-8-13(9)17(20)21-11(3)16(19)15-10(2)18-14-7-5-4-6-12(14)15/h4-7,9,11,13,18H,8H2,1-3H3/t9-,11+,13-/m0/s1. The number of hydrogen-bond donors (Lipinski definition) is 1. The minimum absolute atomic E-state index is 0.0238. The van der Waals surface area contributed by atoms with Gasteiger partial charge in [0, 0.05) is 22.2 Å². The number of rotatable bonds is 4. The number of ketones is 1. The van der Waals surface area contributed by atoms with Gasteiger partial charge in [-0.05, 0) is 32.3 Å². The van der Waals surface area contributed by atoms with Gasteiger partial charge in [-0.3, -0.25) is 9.59 Å². The van der Waals surface area contributed by atoms with Crippen LogP contribution in [0.2, 0.25) is 0 Å². The highest BCUT2D eigenvalue weighted by molar-refractivity contribution is 6.11. The largest absolute Gasteiger partial charge is 0.454 e. The summed E-state index contributed by atoms with van der Waals surface area (Å²) in [5.41, 5.74) is 2.35. The third-order valence-electron chi connectivity index (χ3n) is 4.21. The second-order valence-corrected chi connectivity index (χ2v) is 5.93. The van der Waals surface area contributed by atoms with Crippen LogP contribution in [0.25, 0.3) is 10.9 Å². The average Bonchev–Trinajstić information content (AvgIpc) is 3.08. The van der Waals surface area contributed by atoms with E-state index in [4.69, 9.17) is 4.74 Å². The minimum atomic E-state index is -0.747. The third-order valence-corrected chi connectivity index (χ3v) is 4.21. The zero-order chi connectivity index (χ0) is 15.1. The molecule has 110 valence electrons. The first-order chi connectivity index (χ1) is 9.99. The van der Waals surface area contributed by atoms with E-state index in [2.05, 4.69) is 4.98 Å². The molecule has 1 heterocycles. The Bertz CT molecular complexity index is 716. The lowest BCUT2D eigenvalue weighted by Gasteiger charge is -2.12. The van der Waals surface area contributed by atoms with Crippen LogP contribution in [0.15, 0.2) is 24.3 Å². The highest BCUT2D eigenvalue weighted by atomic mass is 16.5. The first-order valence-corrected chi connectivity index (χ1v) is 7.31. The van der Waals surface area contributed by atoms with Gasteiger partial charge in [-0.1, -0.05) is 25.1 Å². The van der Waals surface area contributed by atoms with Gasteiger partial charge >= 0.3 is 5.97 Å². The predicted molar refractivity (Wildman–Crippen MR) is 80.2 cm³/mol. The van der Waals surface area contributed by atoms with Crippen molar-refractivity contribution in [2.75, 3.05) is 0 Å². The number of H-pyrrole nitrogens is 1. The molecule has 1 aromatic carbocycles. The molecule has 4 nitrogen and oxygen atoms in total. The number of Topliss-reactive ketones (excluding diaryl/α,β-unsaturated/α-hetero) is 1. The summed E-state index contributed by atoms with van der Waals surface area (Å²) >= 11 is 0. The van der Waals surface area contributed by atoms with Gasteiger partial charge in [0.1, 0.15) is 0 Å². The van der Waals surface area contributed by atoms with Crippen LogP contribution in [0, 0.1) is 18.8 Å². The van der Waals surface area contributed by atoms with Crippen LogP contribution in [-0.2, 0) is 9.53 Å². The van der Waals surface area contributed by atoms with Crippen molar-refractivity contribution in [3.05, 3.63) is 35.5 Å². The summed E-state index contributed by atoms with van der Waals surface area (Å²) in [6, 6.07) is 7.66. The zero-order valence-electron chi connectivity index (χ0n) is 12.5. The molecule has 0 spiro atoms. The van der Waals surface area contributed by atoms with Crippen LogP contribution in [0.1, 0.15) is 36.3 Å². The number of carbonyl (C=O) groups excluding carboxylic acids is 2. The highest BCUT2D eigenvalue weighted by Crippen LogP contribution is 2.39. The molecule has 1 aliphatic carbocycles. The molecule has 1 N–H and O–H groups in total. The van der Waals surface area contributed by atoms with Gasteiger partial charge in [-0.25, -0.2) is 0 Å². The lowest BCUT2D eigenvalue weighted by atomic mass is 10.0. The number of esters is 1. The van der Waals surface area contributed by atoms with Gasteiger partial charge in [0.05, 0.1) is 5.92 Å². The molecule has 2 aromatic rings. The fourth-order valence-electron chi connectivity index (χ4n) is 2.76. The van der Waals surface area contributed by atoms with Crippen molar-refractivity contribution >= 4 is 22.7 Å². The van der Waals surface area contributed by atoms with Gasteiger partial charge in [-0.15, -0.1) is 0 Å². The van der Waals surface area contributed by atoms with E-state index in [1.807, 2.05) is 38.1 Å². The Morgan fingerprint density at radius 2 is 2.00 bits per heavy atom. The summed E-state index contributed by atoms with van der Waals surface area (Å²) in [6.07, 6.45) is 0.120. The SMILES string of the molecule is Cc1[nH]c2ccccc2c1C(=O)[C@@H](C)OC(=O)[C@H]1C[C@@H]1C.